The Kier molecular flexibility index (Phi) is 6.95. The van der Waals surface area contributed by atoms with Crippen LogP contribution < -0.4 is 0 Å². The van der Waals surface area contributed by atoms with Crippen LogP contribution in [0.3, 0.4) is 0 Å². The molecule has 189 valence electrons. The van der Waals surface area contributed by atoms with Crippen molar-refractivity contribution in [3.8, 4) is 11.1 Å². The van der Waals surface area contributed by atoms with Crippen molar-refractivity contribution >= 4 is 12.1 Å². The number of allylic oxidation sites excluding steroid dienone is 5. The summed E-state index contributed by atoms with van der Waals surface area (Å²) < 4.78 is 1.59. The molecule has 5 rings (SSSR count). The van der Waals surface area contributed by atoms with E-state index in [1.165, 1.54) is 30.4 Å². The molecule has 3 aliphatic carbocycles. The molecule has 3 aliphatic rings. The van der Waals surface area contributed by atoms with Gasteiger partial charge in [-0.05, 0) is 0 Å². The first-order chi connectivity index (χ1) is 16.9. The number of benzene rings is 2. The summed E-state index contributed by atoms with van der Waals surface area (Å²) in [4.78, 5) is 0. The number of rotatable bonds is 4. The summed E-state index contributed by atoms with van der Waals surface area (Å²) in [5.74, 6) is -0.754. The van der Waals surface area contributed by atoms with Gasteiger partial charge in [0.2, 0.25) is 0 Å². The molecule has 0 spiro atoms. The minimum absolute atomic E-state index is 0.193. The first-order valence-electron chi connectivity index (χ1n) is 14.1. The van der Waals surface area contributed by atoms with Gasteiger partial charge in [-0.25, -0.2) is 0 Å². The number of hydrogen-bond acceptors (Lipinski definition) is 0. The van der Waals surface area contributed by atoms with Gasteiger partial charge in [-0.15, -0.1) is 0 Å². The van der Waals surface area contributed by atoms with Gasteiger partial charge in [0.15, 0.2) is 0 Å². The van der Waals surface area contributed by atoms with Crippen LogP contribution in [0.5, 0.6) is 0 Å². The van der Waals surface area contributed by atoms with Gasteiger partial charge in [-0.3, -0.25) is 0 Å². The van der Waals surface area contributed by atoms with Gasteiger partial charge in [-0.1, -0.05) is 0 Å². The monoisotopic (exact) mass is 661 g/mol. The topological polar surface area (TPSA) is 0 Å². The number of aryl methyl sites for hydroxylation is 1. The van der Waals surface area contributed by atoms with E-state index < -0.39 is 26.6 Å². The summed E-state index contributed by atoms with van der Waals surface area (Å²) in [7, 11) is 0. The molecule has 2 heteroatoms. The van der Waals surface area contributed by atoms with Crippen molar-refractivity contribution in [2.45, 2.75) is 101 Å². The van der Waals surface area contributed by atoms with E-state index in [4.69, 9.17) is 0 Å². The summed E-state index contributed by atoms with van der Waals surface area (Å²) in [5.41, 5.74) is 19.6. The zero-order chi connectivity index (χ0) is 26.1. The molecule has 1 unspecified atom stereocenters. The Morgan fingerprint density at radius 3 is 2.00 bits per heavy atom. The van der Waals surface area contributed by atoms with Gasteiger partial charge >= 0.3 is 230 Å². The van der Waals surface area contributed by atoms with E-state index in [9.17, 15) is 0 Å². The van der Waals surface area contributed by atoms with Crippen molar-refractivity contribution in [2.75, 3.05) is 0 Å². The van der Waals surface area contributed by atoms with Gasteiger partial charge in [0.05, 0.1) is 0 Å². The second-order valence-electron chi connectivity index (χ2n) is 13.1. The average molecular weight is 660 g/mol. The standard InChI is InChI=1S/C23H25.C9H13.C2H7Si.Hf/c1-15-12-18-14-17-6-5-7-20(17)22(21(18)13-15)16-8-10-19(11-9-16)23(2,3)4;1-6-5-7(2)9(4)8(6)3;1-3-2;/h8-14H,5-7H2,1-4H3;5H,1-4H3;3H,1-2H3;. The van der Waals surface area contributed by atoms with Gasteiger partial charge in [0.1, 0.15) is 0 Å². The molecule has 0 fully saturated rings. The van der Waals surface area contributed by atoms with Crippen molar-refractivity contribution in [3.63, 3.8) is 0 Å². The van der Waals surface area contributed by atoms with Crippen LogP contribution >= 0.6 is 0 Å². The number of fused-ring (bicyclic) bond motifs is 2. The molecular formula is C34H45HfSi. The zero-order valence-corrected chi connectivity index (χ0v) is 29.1. The molecule has 0 amide bonds. The van der Waals surface area contributed by atoms with Crippen molar-refractivity contribution < 1.29 is 20.6 Å². The predicted octanol–water partition coefficient (Wildman–Crippen LogP) is 9.67. The minimum atomic E-state index is -2.10. The maximum absolute atomic E-state index is 2.70. The maximum atomic E-state index is 2.70. The van der Waals surface area contributed by atoms with E-state index in [2.05, 4.69) is 105 Å². The van der Waals surface area contributed by atoms with Crippen molar-refractivity contribution in [1.82, 2.24) is 0 Å². The molecule has 0 saturated heterocycles. The molecule has 0 saturated carbocycles. The molecule has 0 heterocycles. The Hall–Kier alpha value is -1.25. The van der Waals surface area contributed by atoms with Gasteiger partial charge < -0.3 is 0 Å². The Bertz CT molecular complexity index is 1290. The van der Waals surface area contributed by atoms with Crippen LogP contribution in [0.2, 0.25) is 16.8 Å². The van der Waals surface area contributed by atoms with Crippen molar-refractivity contribution in [3.05, 3.63) is 86.0 Å². The molecule has 0 nitrogen and oxygen atoms in total. The Morgan fingerprint density at radius 1 is 0.833 bits per heavy atom. The summed E-state index contributed by atoms with van der Waals surface area (Å²) >= 11 is -2.10. The van der Waals surface area contributed by atoms with Crippen LogP contribution in [0.1, 0.15) is 93.3 Å². The summed E-state index contributed by atoms with van der Waals surface area (Å²) in [6.45, 7) is 24.5. The van der Waals surface area contributed by atoms with Crippen molar-refractivity contribution in [2.24, 2.45) is 0 Å². The third-order valence-electron chi connectivity index (χ3n) is 9.60. The third kappa shape index (κ3) is 4.19. The van der Waals surface area contributed by atoms with E-state index in [0.29, 0.717) is 0 Å². The molecule has 1 atom stereocenters. The van der Waals surface area contributed by atoms with Crippen LogP contribution in [0.25, 0.3) is 17.2 Å². The summed E-state index contributed by atoms with van der Waals surface area (Å²) in [5, 5.41) is 0. The average Bonchev–Trinajstić information content (AvgIpc) is 3.46. The van der Waals surface area contributed by atoms with E-state index in [1.807, 2.05) is 0 Å². The van der Waals surface area contributed by atoms with Crippen LogP contribution in [-0.2, 0) is 38.9 Å². The quantitative estimate of drug-likeness (QED) is 0.287. The number of hydrogen-bond donors (Lipinski definition) is 0. The normalized spacial score (nSPS) is 20.0. The SMILES string of the molecule is CC1=Cc2c(cc3c(c2-c2ccc(C(C)(C)C)cc2)CCC3)[CH]1[Hf]([CH]1C(C)=C(C)C(C)=C1C)[SiH](C)C. The van der Waals surface area contributed by atoms with E-state index in [-0.39, 0.29) is 5.41 Å². The second-order valence-corrected chi connectivity index (χ2v) is 41.1. The Morgan fingerprint density at radius 2 is 1.44 bits per heavy atom. The Labute approximate surface area is 229 Å². The van der Waals surface area contributed by atoms with Crippen molar-refractivity contribution in [1.29, 1.82) is 0 Å². The van der Waals surface area contributed by atoms with E-state index >= 15 is 0 Å². The molecule has 0 N–H and O–H groups in total. The van der Waals surface area contributed by atoms with Crippen LogP contribution in [0.15, 0.2) is 58.2 Å². The fraction of sp³-hybridized carbons (Fsp3) is 0.471. The molecule has 0 aromatic heterocycles. The predicted molar refractivity (Wildman–Crippen MR) is 158 cm³/mol. The fourth-order valence-electron chi connectivity index (χ4n) is 7.33. The van der Waals surface area contributed by atoms with Gasteiger partial charge in [-0.2, -0.15) is 0 Å². The molecule has 0 aliphatic heterocycles. The zero-order valence-electron chi connectivity index (χ0n) is 24.3. The van der Waals surface area contributed by atoms with E-state index in [1.54, 1.807) is 55.7 Å². The van der Waals surface area contributed by atoms with Gasteiger partial charge in [0, 0.05) is 0 Å². The molecule has 36 heavy (non-hydrogen) atoms. The fourth-order valence-corrected chi connectivity index (χ4v) is 41.4. The molecule has 0 radical (unpaired) electrons. The van der Waals surface area contributed by atoms with Crippen LogP contribution in [-0.4, -0.2) is 5.98 Å². The summed E-state index contributed by atoms with van der Waals surface area (Å²) in [6.07, 6.45) is 6.46. The molecule has 2 aromatic rings. The second kappa shape index (κ2) is 9.49. The molecule has 0 bridgehead atoms. The van der Waals surface area contributed by atoms with Crippen LogP contribution in [0, 0.1) is 0 Å². The van der Waals surface area contributed by atoms with Crippen LogP contribution in [0.4, 0.5) is 0 Å². The summed E-state index contributed by atoms with van der Waals surface area (Å²) in [6, 6.07) is 12.3. The first-order valence-corrected chi connectivity index (χ1v) is 27.4. The molecular weight excluding hydrogens is 615 g/mol. The Balaban J connectivity index is 1.68. The van der Waals surface area contributed by atoms with E-state index in [0.717, 1.165) is 7.35 Å². The van der Waals surface area contributed by atoms with Gasteiger partial charge in [0.25, 0.3) is 0 Å². The molecule has 2 aromatic carbocycles. The first kappa shape index (κ1) is 26.4. The third-order valence-corrected chi connectivity index (χ3v) is 41.4.